The highest BCUT2D eigenvalue weighted by atomic mass is 15.0. The van der Waals surface area contributed by atoms with Crippen molar-refractivity contribution in [2.75, 3.05) is 0 Å². The molecule has 1 atom stereocenters. The summed E-state index contributed by atoms with van der Waals surface area (Å²) < 4.78 is 2.29. The first-order valence-corrected chi connectivity index (χ1v) is 4.85. The number of nitrogens with zero attached hydrogens (tertiary/aromatic N) is 1. The maximum atomic E-state index is 2.29. The average molecular weight is 181 g/mol. The van der Waals surface area contributed by atoms with Gasteiger partial charge in [-0.05, 0) is 23.8 Å². The van der Waals surface area contributed by atoms with Gasteiger partial charge in [0.15, 0.2) is 0 Å². The lowest BCUT2D eigenvalue weighted by atomic mass is 10.0. The van der Waals surface area contributed by atoms with Crippen LogP contribution in [0.5, 0.6) is 0 Å². The van der Waals surface area contributed by atoms with Gasteiger partial charge in [0, 0.05) is 11.9 Å². The van der Waals surface area contributed by atoms with Gasteiger partial charge in [0.2, 0.25) is 0 Å². The van der Waals surface area contributed by atoms with Gasteiger partial charge in [0.05, 0.1) is 6.04 Å². The Kier molecular flexibility index (Phi) is 1.57. The molecule has 68 valence electrons. The number of hydrogen-bond donors (Lipinski definition) is 0. The third-order valence-corrected chi connectivity index (χ3v) is 2.70. The van der Waals surface area contributed by atoms with E-state index in [1.165, 1.54) is 11.3 Å². The van der Waals surface area contributed by atoms with E-state index in [2.05, 4.69) is 65.4 Å². The number of allylic oxidation sites excluding steroid dienone is 7. The van der Waals surface area contributed by atoms with Gasteiger partial charge in [-0.1, -0.05) is 36.5 Å². The second-order valence-corrected chi connectivity index (χ2v) is 3.55. The van der Waals surface area contributed by atoms with Crippen LogP contribution in [0.1, 0.15) is 11.7 Å². The molecule has 1 aromatic rings. The van der Waals surface area contributed by atoms with Crippen LogP contribution in [0.4, 0.5) is 0 Å². The molecule has 0 fully saturated rings. The summed E-state index contributed by atoms with van der Waals surface area (Å²) in [5.41, 5.74) is 2.61. The topological polar surface area (TPSA) is 4.93 Å². The lowest BCUT2D eigenvalue weighted by Crippen LogP contribution is -2.09. The zero-order valence-corrected chi connectivity index (χ0v) is 7.80. The first-order valence-electron chi connectivity index (χ1n) is 4.85. The summed E-state index contributed by atoms with van der Waals surface area (Å²) in [5.74, 6) is 0. The monoisotopic (exact) mass is 181 g/mol. The largest absolute Gasteiger partial charge is 0.337 e. The van der Waals surface area contributed by atoms with Crippen molar-refractivity contribution in [2.45, 2.75) is 6.04 Å². The number of hydrogen-bond acceptors (Lipinski definition) is 0. The molecule has 0 N–H and O–H groups in total. The summed E-state index contributed by atoms with van der Waals surface area (Å²) in [6, 6.07) is 4.61. The molecule has 3 rings (SSSR count). The molecule has 2 aliphatic rings. The Morgan fingerprint density at radius 1 is 1.07 bits per heavy atom. The highest BCUT2D eigenvalue weighted by Crippen LogP contribution is 2.28. The van der Waals surface area contributed by atoms with E-state index < -0.39 is 0 Å². The van der Waals surface area contributed by atoms with E-state index in [0.29, 0.717) is 6.04 Å². The number of fused-ring (bicyclic) bond motifs is 3. The summed E-state index contributed by atoms with van der Waals surface area (Å²) in [6.45, 7) is 0. The fraction of sp³-hybridized carbons (Fsp3) is 0.0769. The third-order valence-electron chi connectivity index (χ3n) is 2.70. The second kappa shape index (κ2) is 2.88. The Hall–Kier alpha value is -1.76. The molecule has 1 aliphatic heterocycles. The summed E-state index contributed by atoms with van der Waals surface area (Å²) in [7, 11) is 0. The summed E-state index contributed by atoms with van der Waals surface area (Å²) >= 11 is 0. The van der Waals surface area contributed by atoms with Crippen LogP contribution in [0, 0.1) is 0 Å². The number of aromatic nitrogens is 1. The standard InChI is InChI=1S/C13H11N/c1-2-9-13-11(5-1)6-3-7-12-8-4-10-14(12)13/h1-10,13H. The van der Waals surface area contributed by atoms with E-state index in [0.717, 1.165) is 0 Å². The Morgan fingerprint density at radius 2 is 2.07 bits per heavy atom. The minimum absolute atomic E-state index is 0.375. The lowest BCUT2D eigenvalue weighted by Gasteiger charge is -2.19. The van der Waals surface area contributed by atoms with E-state index in [4.69, 9.17) is 0 Å². The predicted octanol–water partition coefficient (Wildman–Crippen LogP) is 3.11. The second-order valence-electron chi connectivity index (χ2n) is 3.55. The van der Waals surface area contributed by atoms with Crippen LogP contribution in [0.25, 0.3) is 6.08 Å². The number of rotatable bonds is 0. The van der Waals surface area contributed by atoms with Crippen molar-refractivity contribution in [3.05, 3.63) is 66.1 Å². The Balaban J connectivity index is 2.20. The van der Waals surface area contributed by atoms with E-state index in [9.17, 15) is 0 Å². The fourth-order valence-electron chi connectivity index (χ4n) is 2.01. The molecule has 0 spiro atoms. The van der Waals surface area contributed by atoms with Crippen LogP contribution < -0.4 is 0 Å². The molecule has 0 radical (unpaired) electrons. The average Bonchev–Trinajstić information content (AvgIpc) is 2.61. The van der Waals surface area contributed by atoms with Crippen molar-refractivity contribution in [1.29, 1.82) is 0 Å². The molecule has 1 heteroatoms. The molecular formula is C13H11N. The van der Waals surface area contributed by atoms with Crippen LogP contribution in [0.2, 0.25) is 0 Å². The molecule has 1 aromatic heterocycles. The SMILES string of the molecule is C1=CC2=CC=Cc3cccn3C2C=C1. The van der Waals surface area contributed by atoms with Crippen molar-refractivity contribution in [3.8, 4) is 0 Å². The van der Waals surface area contributed by atoms with Crippen molar-refractivity contribution < 1.29 is 0 Å². The zero-order chi connectivity index (χ0) is 9.38. The minimum atomic E-state index is 0.375. The lowest BCUT2D eigenvalue weighted by molar-refractivity contribution is 0.696. The molecule has 2 heterocycles. The van der Waals surface area contributed by atoms with E-state index >= 15 is 0 Å². The van der Waals surface area contributed by atoms with Crippen molar-refractivity contribution in [3.63, 3.8) is 0 Å². The molecule has 0 bridgehead atoms. The Bertz CT molecular complexity index is 469. The van der Waals surface area contributed by atoms with E-state index in [1.807, 2.05) is 0 Å². The van der Waals surface area contributed by atoms with Crippen LogP contribution in [-0.4, -0.2) is 4.57 Å². The van der Waals surface area contributed by atoms with Gasteiger partial charge >= 0.3 is 0 Å². The molecule has 14 heavy (non-hydrogen) atoms. The van der Waals surface area contributed by atoms with Gasteiger partial charge in [0.25, 0.3) is 0 Å². The summed E-state index contributed by atoms with van der Waals surface area (Å²) in [4.78, 5) is 0. The molecule has 0 saturated carbocycles. The summed E-state index contributed by atoms with van der Waals surface area (Å²) in [5, 5.41) is 0. The zero-order valence-electron chi connectivity index (χ0n) is 7.80. The van der Waals surface area contributed by atoms with E-state index in [1.54, 1.807) is 0 Å². The smallest absolute Gasteiger partial charge is 0.0772 e. The van der Waals surface area contributed by atoms with Gasteiger partial charge in [-0.2, -0.15) is 0 Å². The molecule has 0 saturated heterocycles. The highest BCUT2D eigenvalue weighted by molar-refractivity contribution is 5.54. The van der Waals surface area contributed by atoms with Gasteiger partial charge in [-0.15, -0.1) is 0 Å². The molecule has 1 aliphatic carbocycles. The van der Waals surface area contributed by atoms with Crippen molar-refractivity contribution in [2.24, 2.45) is 0 Å². The minimum Gasteiger partial charge on any atom is -0.337 e. The summed E-state index contributed by atoms with van der Waals surface area (Å²) in [6.07, 6.45) is 17.2. The van der Waals surface area contributed by atoms with Gasteiger partial charge in [-0.3, -0.25) is 0 Å². The fourth-order valence-corrected chi connectivity index (χ4v) is 2.01. The van der Waals surface area contributed by atoms with Crippen LogP contribution in [-0.2, 0) is 0 Å². The van der Waals surface area contributed by atoms with E-state index in [-0.39, 0.29) is 0 Å². The van der Waals surface area contributed by atoms with Gasteiger partial charge in [-0.25, -0.2) is 0 Å². The van der Waals surface area contributed by atoms with Crippen LogP contribution in [0.3, 0.4) is 0 Å². The maximum Gasteiger partial charge on any atom is 0.0772 e. The molecule has 0 amide bonds. The van der Waals surface area contributed by atoms with Gasteiger partial charge in [0.1, 0.15) is 0 Å². The molecule has 1 unspecified atom stereocenters. The predicted molar refractivity (Wildman–Crippen MR) is 58.9 cm³/mol. The van der Waals surface area contributed by atoms with Crippen molar-refractivity contribution in [1.82, 2.24) is 4.57 Å². The normalized spacial score (nSPS) is 22.6. The molecule has 0 aromatic carbocycles. The molecule has 1 nitrogen and oxygen atoms in total. The van der Waals surface area contributed by atoms with Crippen LogP contribution in [0.15, 0.2) is 60.4 Å². The Labute approximate surface area is 83.4 Å². The quantitative estimate of drug-likeness (QED) is 0.579. The third kappa shape index (κ3) is 1.02. The van der Waals surface area contributed by atoms with Gasteiger partial charge < -0.3 is 4.57 Å². The molecular weight excluding hydrogens is 170 g/mol. The Morgan fingerprint density at radius 3 is 3.07 bits per heavy atom. The highest BCUT2D eigenvalue weighted by Gasteiger charge is 2.15. The first kappa shape index (κ1) is 7.63. The van der Waals surface area contributed by atoms with Crippen LogP contribution >= 0.6 is 0 Å². The van der Waals surface area contributed by atoms with Crippen molar-refractivity contribution >= 4 is 6.08 Å². The maximum absolute atomic E-state index is 2.29. The first-order chi connectivity index (χ1) is 6.95.